The van der Waals surface area contributed by atoms with E-state index in [-0.39, 0.29) is 11.9 Å². The zero-order valence-corrected chi connectivity index (χ0v) is 14.8. The quantitative estimate of drug-likeness (QED) is 0.755. The Balaban J connectivity index is 1.54. The standard InChI is InChI=1S/C17H21N3OS2/c1-11-19-14(9-22-11)10-23-15-6-4-13(5-7-15)17(21)20-16(8-18)12-2-3-12/h4-7,9,12,16H,2-3,8,10,18H2,1H3,(H,20,21). The van der Waals surface area contributed by atoms with Gasteiger partial charge in [0, 0.05) is 34.2 Å². The van der Waals surface area contributed by atoms with Crippen molar-refractivity contribution < 1.29 is 4.79 Å². The second-order valence-electron chi connectivity index (χ2n) is 5.82. The van der Waals surface area contributed by atoms with Gasteiger partial charge in [0.2, 0.25) is 0 Å². The van der Waals surface area contributed by atoms with Gasteiger partial charge in [0.1, 0.15) is 0 Å². The van der Waals surface area contributed by atoms with Crippen LogP contribution in [0, 0.1) is 12.8 Å². The highest BCUT2D eigenvalue weighted by Crippen LogP contribution is 2.32. The van der Waals surface area contributed by atoms with E-state index in [1.807, 2.05) is 31.2 Å². The zero-order valence-electron chi connectivity index (χ0n) is 13.1. The average Bonchev–Trinajstić information content (AvgIpc) is 3.33. The Hall–Kier alpha value is -1.37. The lowest BCUT2D eigenvalue weighted by Gasteiger charge is -2.16. The summed E-state index contributed by atoms with van der Waals surface area (Å²) < 4.78 is 0. The Morgan fingerprint density at radius 1 is 1.43 bits per heavy atom. The molecule has 1 unspecified atom stereocenters. The van der Waals surface area contributed by atoms with Gasteiger partial charge in [-0.25, -0.2) is 4.98 Å². The van der Waals surface area contributed by atoms with Crippen LogP contribution in [0.3, 0.4) is 0 Å². The van der Waals surface area contributed by atoms with Crippen LogP contribution in [0.2, 0.25) is 0 Å². The summed E-state index contributed by atoms with van der Waals surface area (Å²) in [5.41, 5.74) is 7.54. The fraction of sp³-hybridized carbons (Fsp3) is 0.412. The lowest BCUT2D eigenvalue weighted by molar-refractivity contribution is 0.0933. The molecule has 1 heterocycles. The molecule has 122 valence electrons. The van der Waals surface area contributed by atoms with Crippen LogP contribution in [0.1, 0.15) is 33.9 Å². The van der Waals surface area contributed by atoms with Crippen LogP contribution in [-0.4, -0.2) is 23.5 Å². The molecule has 0 saturated heterocycles. The first-order chi connectivity index (χ1) is 11.2. The number of rotatable bonds is 7. The molecule has 4 nitrogen and oxygen atoms in total. The number of nitrogens with zero attached hydrogens (tertiary/aromatic N) is 1. The van der Waals surface area contributed by atoms with Gasteiger partial charge in [-0.2, -0.15) is 0 Å². The maximum absolute atomic E-state index is 12.3. The van der Waals surface area contributed by atoms with Crippen LogP contribution in [0.5, 0.6) is 0 Å². The van der Waals surface area contributed by atoms with Gasteiger partial charge in [-0.1, -0.05) is 0 Å². The highest BCUT2D eigenvalue weighted by atomic mass is 32.2. The molecule has 23 heavy (non-hydrogen) atoms. The second kappa shape index (κ2) is 7.47. The molecular formula is C17H21N3OS2. The van der Waals surface area contributed by atoms with E-state index in [0.29, 0.717) is 18.0 Å². The number of aryl methyl sites for hydroxylation is 1. The van der Waals surface area contributed by atoms with E-state index in [0.717, 1.165) is 21.3 Å². The van der Waals surface area contributed by atoms with Crippen LogP contribution in [0.15, 0.2) is 34.5 Å². The van der Waals surface area contributed by atoms with E-state index in [4.69, 9.17) is 5.73 Å². The number of hydrogen-bond acceptors (Lipinski definition) is 5. The molecule has 6 heteroatoms. The number of carbonyl (C=O) groups is 1. The van der Waals surface area contributed by atoms with Crippen molar-refractivity contribution in [1.29, 1.82) is 0 Å². The number of hydrogen-bond donors (Lipinski definition) is 2. The highest BCUT2D eigenvalue weighted by Gasteiger charge is 2.31. The smallest absolute Gasteiger partial charge is 0.251 e. The maximum Gasteiger partial charge on any atom is 0.251 e. The Morgan fingerprint density at radius 3 is 2.74 bits per heavy atom. The fourth-order valence-corrected chi connectivity index (χ4v) is 3.96. The predicted octanol–water partition coefficient (Wildman–Crippen LogP) is 3.21. The van der Waals surface area contributed by atoms with E-state index < -0.39 is 0 Å². The van der Waals surface area contributed by atoms with Gasteiger partial charge in [0.05, 0.1) is 10.7 Å². The Morgan fingerprint density at radius 2 is 2.17 bits per heavy atom. The van der Waals surface area contributed by atoms with E-state index in [2.05, 4.69) is 15.7 Å². The third kappa shape index (κ3) is 4.56. The summed E-state index contributed by atoms with van der Waals surface area (Å²) in [5.74, 6) is 1.40. The molecule has 1 amide bonds. The monoisotopic (exact) mass is 347 g/mol. The average molecular weight is 348 g/mol. The SMILES string of the molecule is Cc1nc(CSc2ccc(C(=O)NC(CN)C3CC3)cc2)cs1. The minimum atomic E-state index is -0.0287. The van der Waals surface area contributed by atoms with Gasteiger partial charge in [0.15, 0.2) is 0 Å². The third-order valence-electron chi connectivity index (χ3n) is 3.93. The summed E-state index contributed by atoms with van der Waals surface area (Å²) in [6, 6.07) is 7.86. The fourth-order valence-electron chi connectivity index (χ4n) is 2.45. The minimum Gasteiger partial charge on any atom is -0.348 e. The van der Waals surface area contributed by atoms with Crippen molar-refractivity contribution >= 4 is 29.0 Å². The van der Waals surface area contributed by atoms with E-state index >= 15 is 0 Å². The van der Waals surface area contributed by atoms with Crippen molar-refractivity contribution in [2.24, 2.45) is 11.7 Å². The van der Waals surface area contributed by atoms with Crippen molar-refractivity contribution in [3.8, 4) is 0 Å². The summed E-state index contributed by atoms with van der Waals surface area (Å²) >= 11 is 3.41. The molecular weight excluding hydrogens is 326 g/mol. The Kier molecular flexibility index (Phi) is 5.35. The van der Waals surface area contributed by atoms with Crippen LogP contribution in [0.4, 0.5) is 0 Å². The van der Waals surface area contributed by atoms with Crippen molar-refractivity contribution in [2.45, 2.75) is 36.5 Å². The highest BCUT2D eigenvalue weighted by molar-refractivity contribution is 7.98. The van der Waals surface area contributed by atoms with Gasteiger partial charge in [-0.15, -0.1) is 23.1 Å². The largest absolute Gasteiger partial charge is 0.348 e. The van der Waals surface area contributed by atoms with Gasteiger partial charge in [0.25, 0.3) is 5.91 Å². The zero-order chi connectivity index (χ0) is 16.2. The van der Waals surface area contributed by atoms with Crippen molar-refractivity contribution in [1.82, 2.24) is 10.3 Å². The van der Waals surface area contributed by atoms with Crippen molar-refractivity contribution in [3.63, 3.8) is 0 Å². The number of benzene rings is 1. The molecule has 0 radical (unpaired) electrons. The van der Waals surface area contributed by atoms with E-state index in [1.54, 1.807) is 23.1 Å². The molecule has 3 rings (SSSR count). The molecule has 2 aromatic rings. The number of amides is 1. The van der Waals surface area contributed by atoms with Gasteiger partial charge in [-0.3, -0.25) is 4.79 Å². The summed E-state index contributed by atoms with van der Waals surface area (Å²) in [5, 5.41) is 6.23. The summed E-state index contributed by atoms with van der Waals surface area (Å²) in [6.45, 7) is 2.53. The third-order valence-corrected chi connectivity index (χ3v) is 5.80. The molecule has 3 N–H and O–H groups in total. The number of thiazole rings is 1. The molecule has 0 spiro atoms. The molecule has 0 aliphatic heterocycles. The minimum absolute atomic E-state index is 0.0287. The van der Waals surface area contributed by atoms with E-state index in [9.17, 15) is 4.79 Å². The van der Waals surface area contributed by atoms with E-state index in [1.165, 1.54) is 12.8 Å². The maximum atomic E-state index is 12.3. The molecule has 1 fully saturated rings. The number of carbonyl (C=O) groups excluding carboxylic acids is 1. The van der Waals surface area contributed by atoms with Crippen molar-refractivity contribution in [3.05, 3.63) is 45.9 Å². The molecule has 0 bridgehead atoms. The topological polar surface area (TPSA) is 68.0 Å². The van der Waals surface area contributed by atoms with Crippen LogP contribution >= 0.6 is 23.1 Å². The summed E-state index contributed by atoms with van der Waals surface area (Å²) in [6.07, 6.45) is 2.35. The lowest BCUT2D eigenvalue weighted by atomic mass is 10.1. The molecule has 1 saturated carbocycles. The molecule has 1 aliphatic carbocycles. The molecule has 1 atom stereocenters. The predicted molar refractivity (Wildman–Crippen MR) is 95.9 cm³/mol. The molecule has 1 aliphatic rings. The number of nitrogens with two attached hydrogens (primary N) is 1. The first kappa shape index (κ1) is 16.5. The van der Waals surface area contributed by atoms with Gasteiger partial charge >= 0.3 is 0 Å². The van der Waals surface area contributed by atoms with Gasteiger partial charge < -0.3 is 11.1 Å². The second-order valence-corrected chi connectivity index (χ2v) is 7.93. The lowest BCUT2D eigenvalue weighted by Crippen LogP contribution is -2.41. The van der Waals surface area contributed by atoms with Gasteiger partial charge in [-0.05, 0) is 49.9 Å². The van der Waals surface area contributed by atoms with Crippen LogP contribution in [-0.2, 0) is 5.75 Å². The normalized spacial score (nSPS) is 15.4. The Bertz CT molecular complexity index is 665. The summed E-state index contributed by atoms with van der Waals surface area (Å²) in [4.78, 5) is 17.9. The summed E-state index contributed by atoms with van der Waals surface area (Å²) in [7, 11) is 0. The van der Waals surface area contributed by atoms with Crippen LogP contribution in [0.25, 0.3) is 0 Å². The number of thioether (sulfide) groups is 1. The Labute approximate surface area is 144 Å². The number of nitrogens with one attached hydrogen (secondary N) is 1. The first-order valence-corrected chi connectivity index (χ1v) is 9.67. The number of aromatic nitrogens is 1. The van der Waals surface area contributed by atoms with Crippen LogP contribution < -0.4 is 11.1 Å². The first-order valence-electron chi connectivity index (χ1n) is 7.80. The molecule has 1 aromatic carbocycles. The molecule has 1 aromatic heterocycles. The van der Waals surface area contributed by atoms with Crippen molar-refractivity contribution in [2.75, 3.05) is 6.54 Å².